The molecule has 0 saturated heterocycles. The van der Waals surface area contributed by atoms with Crippen molar-refractivity contribution in [3.8, 4) is 0 Å². The number of ether oxygens (including phenoxy) is 2. The number of aryl methyl sites for hydroxylation is 1. The molecule has 0 bridgehead atoms. The normalized spacial score (nSPS) is 12.7. The molecule has 0 aliphatic carbocycles. The quantitative estimate of drug-likeness (QED) is 0.735. The Morgan fingerprint density at radius 1 is 1.42 bits per heavy atom. The number of hydrogen-bond donors (Lipinski definition) is 2. The van der Waals surface area contributed by atoms with Gasteiger partial charge in [0.05, 0.1) is 0 Å². The molecular weight excluding hydrogens is 253 g/mol. The van der Waals surface area contributed by atoms with Crippen molar-refractivity contribution in [2.24, 2.45) is 0 Å². The van der Waals surface area contributed by atoms with E-state index in [4.69, 9.17) is 9.47 Å². The molecule has 0 amide bonds. The Hall–Kier alpha value is -1.50. The summed E-state index contributed by atoms with van der Waals surface area (Å²) in [4.78, 5) is 11.2. The van der Waals surface area contributed by atoms with Crippen LogP contribution in [0.1, 0.15) is 17.2 Å². The van der Waals surface area contributed by atoms with Gasteiger partial charge >= 0.3 is 5.97 Å². The Bertz CT molecular complexity index is 435. The highest BCUT2D eigenvalue weighted by Gasteiger charge is 2.24. The molecular formula is C13H18FNO4. The van der Waals surface area contributed by atoms with E-state index in [0.717, 1.165) is 5.56 Å². The maximum atomic E-state index is 13.7. The van der Waals surface area contributed by atoms with Gasteiger partial charge in [0.25, 0.3) is 0 Å². The van der Waals surface area contributed by atoms with Gasteiger partial charge in [-0.15, -0.1) is 0 Å². The molecule has 1 rings (SSSR count). The molecule has 1 aromatic carbocycles. The lowest BCUT2D eigenvalue weighted by Gasteiger charge is -2.19. The van der Waals surface area contributed by atoms with Crippen LogP contribution in [0.5, 0.6) is 0 Å². The minimum atomic E-state index is -1.16. The lowest BCUT2D eigenvalue weighted by molar-refractivity contribution is -0.141. The number of benzene rings is 1. The molecule has 6 heteroatoms. The number of halogens is 1. The molecule has 2 N–H and O–H groups in total. The van der Waals surface area contributed by atoms with E-state index in [9.17, 15) is 14.3 Å². The minimum Gasteiger partial charge on any atom is -0.480 e. The van der Waals surface area contributed by atoms with Gasteiger partial charge in [0.1, 0.15) is 11.9 Å². The second-order valence-electron chi connectivity index (χ2n) is 4.11. The van der Waals surface area contributed by atoms with Gasteiger partial charge < -0.3 is 14.6 Å². The van der Waals surface area contributed by atoms with Crippen LogP contribution in [-0.2, 0) is 14.3 Å². The van der Waals surface area contributed by atoms with Crippen LogP contribution in [0.3, 0.4) is 0 Å². The van der Waals surface area contributed by atoms with E-state index in [1.165, 1.54) is 26.4 Å². The molecule has 19 heavy (non-hydrogen) atoms. The van der Waals surface area contributed by atoms with Gasteiger partial charge in [-0.3, -0.25) is 10.1 Å². The van der Waals surface area contributed by atoms with Crippen LogP contribution < -0.4 is 5.32 Å². The first kappa shape index (κ1) is 15.6. The Morgan fingerprint density at radius 3 is 2.58 bits per heavy atom. The topological polar surface area (TPSA) is 67.8 Å². The van der Waals surface area contributed by atoms with Crippen molar-refractivity contribution >= 4 is 5.97 Å². The standard InChI is InChI=1S/C13H18FNO4/c1-8-4-5-10(14)9(6-8)12(13(16)17)15-7-11(18-2)19-3/h4-6,11-12,15H,7H2,1-3H3,(H,16,17). The molecule has 0 aliphatic rings. The van der Waals surface area contributed by atoms with Crippen molar-refractivity contribution in [1.82, 2.24) is 5.32 Å². The lowest BCUT2D eigenvalue weighted by atomic mass is 10.0. The second-order valence-corrected chi connectivity index (χ2v) is 4.11. The van der Waals surface area contributed by atoms with Crippen molar-refractivity contribution in [2.45, 2.75) is 19.3 Å². The van der Waals surface area contributed by atoms with Gasteiger partial charge in [-0.1, -0.05) is 17.7 Å². The summed E-state index contributed by atoms with van der Waals surface area (Å²) in [6.45, 7) is 1.91. The zero-order chi connectivity index (χ0) is 14.4. The van der Waals surface area contributed by atoms with Crippen LogP contribution in [0.25, 0.3) is 0 Å². The Balaban J connectivity index is 2.88. The Kier molecular flexibility index (Phi) is 5.88. The third kappa shape index (κ3) is 4.27. The number of carbonyl (C=O) groups is 1. The molecule has 0 radical (unpaired) electrons. The van der Waals surface area contributed by atoms with Crippen LogP contribution in [0.2, 0.25) is 0 Å². The summed E-state index contributed by atoms with van der Waals surface area (Å²) in [5.41, 5.74) is 0.887. The SMILES string of the molecule is COC(CNC(C(=O)O)c1cc(C)ccc1F)OC. The molecule has 5 nitrogen and oxygen atoms in total. The highest BCUT2D eigenvalue weighted by Crippen LogP contribution is 2.19. The van der Waals surface area contributed by atoms with Crippen molar-refractivity contribution in [3.05, 3.63) is 35.1 Å². The summed E-state index contributed by atoms with van der Waals surface area (Å²) in [5, 5.41) is 11.9. The number of hydrogen-bond acceptors (Lipinski definition) is 4. The van der Waals surface area contributed by atoms with Crippen LogP contribution in [0.4, 0.5) is 4.39 Å². The van der Waals surface area contributed by atoms with Gasteiger partial charge in [0.15, 0.2) is 6.29 Å². The predicted molar refractivity (Wildman–Crippen MR) is 67.3 cm³/mol. The third-order valence-electron chi connectivity index (χ3n) is 2.72. The highest BCUT2D eigenvalue weighted by atomic mass is 19.1. The van der Waals surface area contributed by atoms with Crippen LogP contribution >= 0.6 is 0 Å². The van der Waals surface area contributed by atoms with E-state index in [1.54, 1.807) is 13.0 Å². The molecule has 0 fully saturated rings. The van der Waals surface area contributed by atoms with E-state index in [1.807, 2.05) is 0 Å². The zero-order valence-corrected chi connectivity index (χ0v) is 11.1. The first-order valence-electron chi connectivity index (χ1n) is 5.77. The molecule has 0 aromatic heterocycles. The number of carboxylic acid groups (broad SMARTS) is 1. The average Bonchev–Trinajstić information content (AvgIpc) is 2.38. The Morgan fingerprint density at radius 2 is 2.05 bits per heavy atom. The van der Waals surface area contributed by atoms with Crippen LogP contribution in [-0.4, -0.2) is 38.1 Å². The van der Waals surface area contributed by atoms with Crippen molar-refractivity contribution in [1.29, 1.82) is 0 Å². The fraction of sp³-hybridized carbons (Fsp3) is 0.462. The number of methoxy groups -OCH3 is 2. The molecule has 1 aromatic rings. The average molecular weight is 271 g/mol. The van der Waals surface area contributed by atoms with Crippen molar-refractivity contribution in [3.63, 3.8) is 0 Å². The number of carboxylic acids is 1. The van der Waals surface area contributed by atoms with Gasteiger partial charge in [-0.25, -0.2) is 4.39 Å². The van der Waals surface area contributed by atoms with Gasteiger partial charge in [0, 0.05) is 26.3 Å². The number of rotatable bonds is 7. The fourth-order valence-electron chi connectivity index (χ4n) is 1.69. The minimum absolute atomic E-state index is 0.0958. The second kappa shape index (κ2) is 7.18. The van der Waals surface area contributed by atoms with E-state index in [0.29, 0.717) is 0 Å². The largest absolute Gasteiger partial charge is 0.480 e. The molecule has 0 aliphatic heterocycles. The van der Waals surface area contributed by atoms with E-state index in [-0.39, 0.29) is 12.1 Å². The first-order valence-corrected chi connectivity index (χ1v) is 5.77. The van der Waals surface area contributed by atoms with Gasteiger partial charge in [-0.2, -0.15) is 0 Å². The molecule has 0 saturated carbocycles. The molecule has 1 unspecified atom stereocenters. The van der Waals surface area contributed by atoms with Gasteiger partial charge in [0.2, 0.25) is 0 Å². The summed E-state index contributed by atoms with van der Waals surface area (Å²) < 4.78 is 23.6. The monoisotopic (exact) mass is 271 g/mol. The predicted octanol–water partition coefficient (Wildman–Crippen LogP) is 1.47. The van der Waals surface area contributed by atoms with Crippen LogP contribution in [0.15, 0.2) is 18.2 Å². The summed E-state index contributed by atoms with van der Waals surface area (Å²) in [6, 6.07) is 3.21. The summed E-state index contributed by atoms with van der Waals surface area (Å²) in [7, 11) is 2.89. The third-order valence-corrected chi connectivity index (χ3v) is 2.72. The van der Waals surface area contributed by atoms with E-state index < -0.39 is 24.1 Å². The Labute approximate surface area is 111 Å². The lowest BCUT2D eigenvalue weighted by Crippen LogP contribution is -2.36. The van der Waals surface area contributed by atoms with Gasteiger partial charge in [-0.05, 0) is 13.0 Å². The molecule has 0 spiro atoms. The maximum absolute atomic E-state index is 13.7. The number of aliphatic carboxylic acids is 1. The first-order chi connectivity index (χ1) is 8.99. The van der Waals surface area contributed by atoms with Crippen LogP contribution in [0, 0.1) is 12.7 Å². The highest BCUT2D eigenvalue weighted by molar-refractivity contribution is 5.75. The van der Waals surface area contributed by atoms with Crippen molar-refractivity contribution < 1.29 is 23.8 Å². The molecule has 106 valence electrons. The maximum Gasteiger partial charge on any atom is 0.325 e. The fourth-order valence-corrected chi connectivity index (χ4v) is 1.69. The van der Waals surface area contributed by atoms with Crippen molar-refractivity contribution in [2.75, 3.05) is 20.8 Å². The zero-order valence-electron chi connectivity index (χ0n) is 11.1. The molecule has 1 atom stereocenters. The van der Waals surface area contributed by atoms with E-state index in [2.05, 4.69) is 5.32 Å². The van der Waals surface area contributed by atoms with E-state index >= 15 is 0 Å². The summed E-state index contributed by atoms with van der Waals surface area (Å²) >= 11 is 0. The molecule has 0 heterocycles. The summed E-state index contributed by atoms with van der Waals surface area (Å²) in [6.07, 6.45) is -0.588. The summed E-state index contributed by atoms with van der Waals surface area (Å²) in [5.74, 6) is -1.72. The number of nitrogens with one attached hydrogen (secondary N) is 1. The smallest absolute Gasteiger partial charge is 0.325 e.